The number of ether oxygens (including phenoxy) is 4. The zero-order valence-electron chi connectivity index (χ0n) is 16.6. The molecule has 1 fully saturated rings. The van der Waals surface area contributed by atoms with Crippen molar-refractivity contribution in [1.29, 1.82) is 0 Å². The first kappa shape index (κ1) is 20.3. The van der Waals surface area contributed by atoms with Gasteiger partial charge >= 0.3 is 0 Å². The van der Waals surface area contributed by atoms with Crippen LogP contribution >= 0.6 is 0 Å². The summed E-state index contributed by atoms with van der Waals surface area (Å²) >= 11 is 0. The fourth-order valence-corrected chi connectivity index (χ4v) is 3.54. The number of hydrogen-bond donors (Lipinski definition) is 4. The van der Waals surface area contributed by atoms with Crippen molar-refractivity contribution in [2.24, 2.45) is 0 Å². The van der Waals surface area contributed by atoms with Crippen LogP contribution in [0.25, 0.3) is 11.2 Å². The number of anilines is 1. The van der Waals surface area contributed by atoms with Crippen LogP contribution in [0.3, 0.4) is 0 Å². The van der Waals surface area contributed by atoms with Crippen LogP contribution in [0.5, 0.6) is 17.2 Å². The Labute approximate surface area is 181 Å². The summed E-state index contributed by atoms with van der Waals surface area (Å²) in [5.74, 6) is 7.44. The number of para-hydroxylation sites is 1. The van der Waals surface area contributed by atoms with E-state index in [1.54, 1.807) is 18.2 Å². The van der Waals surface area contributed by atoms with Crippen molar-refractivity contribution in [1.82, 2.24) is 19.5 Å². The first-order valence-corrected chi connectivity index (χ1v) is 9.69. The van der Waals surface area contributed by atoms with Gasteiger partial charge in [-0.15, -0.1) is 0 Å². The number of aliphatic hydroxyl groups is 3. The Morgan fingerprint density at radius 1 is 1.22 bits per heavy atom. The molecule has 0 amide bonds. The van der Waals surface area contributed by atoms with Gasteiger partial charge in [0.25, 0.3) is 0 Å². The van der Waals surface area contributed by atoms with Gasteiger partial charge in [-0.1, -0.05) is 12.0 Å². The topological polar surface area (TPSA) is 167 Å². The van der Waals surface area contributed by atoms with Crippen molar-refractivity contribution in [2.75, 3.05) is 25.7 Å². The highest BCUT2D eigenvalue weighted by molar-refractivity contribution is 5.82. The van der Waals surface area contributed by atoms with E-state index in [2.05, 4.69) is 26.8 Å². The number of nitrogen functional groups attached to an aromatic ring is 1. The summed E-state index contributed by atoms with van der Waals surface area (Å²) in [6, 6.07) is 5.31. The van der Waals surface area contributed by atoms with E-state index in [4.69, 9.17) is 24.7 Å². The Balaban J connectivity index is 1.37. The fourth-order valence-electron chi connectivity index (χ4n) is 3.54. The summed E-state index contributed by atoms with van der Waals surface area (Å²) in [4.78, 5) is 12.6. The Hall–Kier alpha value is -3.63. The van der Waals surface area contributed by atoms with Crippen molar-refractivity contribution in [3.05, 3.63) is 30.4 Å². The lowest BCUT2D eigenvalue weighted by Crippen LogP contribution is -2.33. The molecule has 0 aliphatic carbocycles. The van der Waals surface area contributed by atoms with Crippen LogP contribution in [-0.2, 0) is 4.74 Å². The van der Waals surface area contributed by atoms with Gasteiger partial charge in [0.05, 0.1) is 12.9 Å². The second-order valence-electron chi connectivity index (χ2n) is 7.07. The molecule has 1 aromatic carbocycles. The lowest BCUT2D eigenvalue weighted by Gasteiger charge is -2.16. The van der Waals surface area contributed by atoms with Crippen molar-refractivity contribution in [3.63, 3.8) is 0 Å². The zero-order chi connectivity index (χ0) is 22.2. The number of aromatic nitrogens is 4. The maximum absolute atomic E-state index is 10.3. The van der Waals surface area contributed by atoms with Crippen molar-refractivity contribution in [3.8, 4) is 29.1 Å². The molecule has 5 N–H and O–H groups in total. The van der Waals surface area contributed by atoms with Crippen molar-refractivity contribution >= 4 is 17.0 Å². The number of fused-ring (bicyclic) bond motifs is 2. The highest BCUT2D eigenvalue weighted by Gasteiger charge is 2.44. The van der Waals surface area contributed by atoms with Gasteiger partial charge < -0.3 is 40.0 Å². The number of hydrogen-bond acceptors (Lipinski definition) is 11. The SMILES string of the molecule is Nc1nc(C#CCOc2cccc3c2OCO3)nc2c1ncn2[C@@H]1O[C@H](CO)[C@@H](O)[C@H]1O. The summed E-state index contributed by atoms with van der Waals surface area (Å²) in [5.41, 5.74) is 6.55. The minimum Gasteiger partial charge on any atom is -0.477 e. The van der Waals surface area contributed by atoms with Gasteiger partial charge in [0.15, 0.2) is 29.2 Å². The molecule has 166 valence electrons. The van der Waals surface area contributed by atoms with Crippen LogP contribution < -0.4 is 19.9 Å². The molecule has 0 unspecified atom stereocenters. The van der Waals surface area contributed by atoms with E-state index in [0.717, 1.165) is 0 Å². The van der Waals surface area contributed by atoms with Gasteiger partial charge in [0.1, 0.15) is 30.4 Å². The molecule has 32 heavy (non-hydrogen) atoms. The van der Waals surface area contributed by atoms with Crippen molar-refractivity contribution in [2.45, 2.75) is 24.5 Å². The Kier molecular flexibility index (Phi) is 5.16. The molecule has 1 saturated heterocycles. The maximum Gasteiger partial charge on any atom is 0.231 e. The molecule has 12 nitrogen and oxygen atoms in total. The fraction of sp³-hybridized carbons (Fsp3) is 0.350. The summed E-state index contributed by atoms with van der Waals surface area (Å²) < 4.78 is 23.3. The Bertz CT molecular complexity index is 1220. The van der Waals surface area contributed by atoms with Gasteiger partial charge in [-0.05, 0) is 18.1 Å². The molecular formula is C20H19N5O7. The average molecular weight is 441 g/mol. The predicted octanol–water partition coefficient (Wildman–Crippen LogP) is -0.821. The van der Waals surface area contributed by atoms with Crippen LogP contribution in [0.2, 0.25) is 0 Å². The zero-order valence-corrected chi connectivity index (χ0v) is 16.6. The average Bonchev–Trinajstić information content (AvgIpc) is 3.50. The molecule has 5 rings (SSSR count). The standard InChI is InChI=1S/C20H19N5O7/c21-18-14-19(25(8-22-14)20-16(28)15(27)12(7-26)32-20)24-13(23-18)5-2-6-29-10-3-1-4-11-17(10)31-9-30-11/h1,3-4,8,12,15-16,20,26-28H,6-7,9H2,(H2,21,23,24)/t12-,15-,16-,20-/m1/s1. The van der Waals surface area contributed by atoms with Gasteiger partial charge in [-0.25, -0.2) is 15.0 Å². The predicted molar refractivity (Wildman–Crippen MR) is 108 cm³/mol. The highest BCUT2D eigenvalue weighted by Crippen LogP contribution is 2.40. The number of rotatable bonds is 4. The molecule has 4 atom stereocenters. The van der Waals surface area contributed by atoms with Crippen LogP contribution in [-0.4, -0.2) is 73.2 Å². The summed E-state index contributed by atoms with van der Waals surface area (Å²) in [5, 5.41) is 29.6. The monoisotopic (exact) mass is 441 g/mol. The van der Waals surface area contributed by atoms with Crippen molar-refractivity contribution < 1.29 is 34.3 Å². The third-order valence-corrected chi connectivity index (χ3v) is 5.10. The minimum absolute atomic E-state index is 0.0369. The number of imidazole rings is 1. The normalized spacial score (nSPS) is 23.8. The largest absolute Gasteiger partial charge is 0.477 e. The van der Waals surface area contributed by atoms with Gasteiger partial charge in [0, 0.05) is 0 Å². The Morgan fingerprint density at radius 2 is 2.09 bits per heavy atom. The molecule has 2 aromatic heterocycles. The third-order valence-electron chi connectivity index (χ3n) is 5.10. The van der Waals surface area contributed by atoms with E-state index < -0.39 is 31.1 Å². The van der Waals surface area contributed by atoms with Crippen LogP contribution in [0, 0.1) is 11.8 Å². The molecule has 12 heteroatoms. The molecule has 4 heterocycles. The summed E-state index contributed by atoms with van der Waals surface area (Å²) in [7, 11) is 0. The number of benzene rings is 1. The number of aliphatic hydroxyl groups excluding tert-OH is 3. The summed E-state index contributed by atoms with van der Waals surface area (Å²) in [6.45, 7) is -0.274. The molecule has 0 bridgehead atoms. The molecule has 0 radical (unpaired) electrons. The summed E-state index contributed by atoms with van der Waals surface area (Å²) in [6.07, 6.45) is -3.12. The second-order valence-corrected chi connectivity index (χ2v) is 7.07. The third kappa shape index (κ3) is 3.43. The lowest BCUT2D eigenvalue weighted by atomic mass is 10.1. The van der Waals surface area contributed by atoms with Gasteiger partial charge in [-0.3, -0.25) is 4.57 Å². The molecule has 0 spiro atoms. The van der Waals surface area contributed by atoms with E-state index in [9.17, 15) is 15.3 Å². The first-order chi connectivity index (χ1) is 15.6. The van der Waals surface area contributed by atoms with Gasteiger partial charge in [-0.2, -0.15) is 0 Å². The molecule has 0 saturated carbocycles. The molecular weight excluding hydrogens is 422 g/mol. The Morgan fingerprint density at radius 3 is 2.91 bits per heavy atom. The number of nitrogens with two attached hydrogens (primary N) is 1. The van der Waals surface area contributed by atoms with Crippen LogP contribution in [0.15, 0.2) is 24.5 Å². The highest BCUT2D eigenvalue weighted by atomic mass is 16.7. The first-order valence-electron chi connectivity index (χ1n) is 9.69. The van der Waals surface area contributed by atoms with E-state index >= 15 is 0 Å². The number of nitrogens with zero attached hydrogens (tertiary/aromatic N) is 4. The quantitative estimate of drug-likeness (QED) is 0.373. The van der Waals surface area contributed by atoms with Crippen LogP contribution in [0.4, 0.5) is 5.82 Å². The smallest absolute Gasteiger partial charge is 0.231 e. The molecule has 3 aromatic rings. The van der Waals surface area contributed by atoms with Gasteiger partial charge in [0.2, 0.25) is 18.4 Å². The molecule has 2 aliphatic heterocycles. The van der Waals surface area contributed by atoms with E-state index in [1.807, 2.05) is 0 Å². The second kappa shape index (κ2) is 8.13. The minimum atomic E-state index is -1.29. The van der Waals surface area contributed by atoms with E-state index in [0.29, 0.717) is 22.8 Å². The maximum atomic E-state index is 10.3. The van der Waals surface area contributed by atoms with Crippen LogP contribution in [0.1, 0.15) is 12.1 Å². The van der Waals surface area contributed by atoms with E-state index in [-0.39, 0.29) is 30.7 Å². The van der Waals surface area contributed by atoms with E-state index in [1.165, 1.54) is 10.9 Å². The lowest BCUT2D eigenvalue weighted by molar-refractivity contribution is -0.0511. The molecule has 2 aliphatic rings.